The summed E-state index contributed by atoms with van der Waals surface area (Å²) in [6, 6.07) is 9.12. The Kier molecular flexibility index (Phi) is 3.23. The summed E-state index contributed by atoms with van der Waals surface area (Å²) >= 11 is 0. The first-order valence-electron chi connectivity index (χ1n) is 5.52. The molecule has 0 unspecified atom stereocenters. The van der Waals surface area contributed by atoms with Crippen molar-refractivity contribution < 1.29 is 9.59 Å². The van der Waals surface area contributed by atoms with Gasteiger partial charge in [0.15, 0.2) is 0 Å². The SMILES string of the molecule is CC=C1NC(=O)[C@H](Cc2ccccc2)NC1=O. The Hall–Kier alpha value is -2.10. The second kappa shape index (κ2) is 4.82. The predicted molar refractivity (Wildman–Crippen MR) is 64.0 cm³/mol. The van der Waals surface area contributed by atoms with Crippen molar-refractivity contribution in [3.8, 4) is 0 Å². The zero-order valence-electron chi connectivity index (χ0n) is 9.57. The molecule has 1 heterocycles. The zero-order chi connectivity index (χ0) is 12.3. The van der Waals surface area contributed by atoms with E-state index in [4.69, 9.17) is 0 Å². The molecule has 4 heteroatoms. The highest BCUT2D eigenvalue weighted by Gasteiger charge is 2.28. The van der Waals surface area contributed by atoms with Crippen LogP contribution in [0.5, 0.6) is 0 Å². The van der Waals surface area contributed by atoms with E-state index in [1.165, 1.54) is 0 Å². The molecule has 0 spiro atoms. The van der Waals surface area contributed by atoms with Gasteiger partial charge in [0, 0.05) is 6.42 Å². The van der Waals surface area contributed by atoms with Gasteiger partial charge < -0.3 is 10.6 Å². The van der Waals surface area contributed by atoms with Gasteiger partial charge in [-0.15, -0.1) is 0 Å². The van der Waals surface area contributed by atoms with Crippen LogP contribution in [-0.4, -0.2) is 17.9 Å². The number of carbonyl (C=O) groups excluding carboxylic acids is 2. The van der Waals surface area contributed by atoms with Crippen molar-refractivity contribution in [1.82, 2.24) is 10.6 Å². The van der Waals surface area contributed by atoms with Crippen LogP contribution in [0.1, 0.15) is 12.5 Å². The van der Waals surface area contributed by atoms with Crippen LogP contribution in [0.4, 0.5) is 0 Å². The van der Waals surface area contributed by atoms with Crippen molar-refractivity contribution in [1.29, 1.82) is 0 Å². The number of carbonyl (C=O) groups is 2. The van der Waals surface area contributed by atoms with E-state index in [2.05, 4.69) is 10.6 Å². The predicted octanol–water partition coefficient (Wildman–Crippen LogP) is 0.747. The standard InChI is InChI=1S/C13H14N2O2/c1-2-10-12(16)15-11(13(17)14-10)8-9-6-4-3-5-7-9/h2-7,11H,8H2,1H3,(H,14,17)(H,15,16)/t11-/m0/s1. The summed E-state index contributed by atoms with van der Waals surface area (Å²) in [5.74, 6) is -0.394. The average Bonchev–Trinajstić information content (AvgIpc) is 2.34. The van der Waals surface area contributed by atoms with Gasteiger partial charge in [-0.25, -0.2) is 0 Å². The monoisotopic (exact) mass is 230 g/mol. The van der Waals surface area contributed by atoms with Gasteiger partial charge in [-0.2, -0.15) is 0 Å². The van der Waals surface area contributed by atoms with Crippen LogP contribution < -0.4 is 10.6 Å². The summed E-state index contributed by atoms with van der Waals surface area (Å²) < 4.78 is 0. The third-order valence-corrected chi connectivity index (χ3v) is 2.70. The number of hydrogen-bond donors (Lipinski definition) is 2. The topological polar surface area (TPSA) is 58.2 Å². The molecule has 17 heavy (non-hydrogen) atoms. The fourth-order valence-corrected chi connectivity index (χ4v) is 1.77. The van der Waals surface area contributed by atoms with Crippen LogP contribution in [0.2, 0.25) is 0 Å². The molecular weight excluding hydrogens is 216 g/mol. The van der Waals surface area contributed by atoms with Crippen LogP contribution in [-0.2, 0) is 16.0 Å². The van der Waals surface area contributed by atoms with Gasteiger partial charge in [-0.05, 0) is 12.5 Å². The first kappa shape index (κ1) is 11.4. The number of piperazine rings is 1. The van der Waals surface area contributed by atoms with Crippen LogP contribution >= 0.6 is 0 Å². The Morgan fingerprint density at radius 3 is 2.59 bits per heavy atom. The second-order valence-electron chi connectivity index (χ2n) is 3.91. The van der Waals surface area contributed by atoms with Crippen molar-refractivity contribution in [2.75, 3.05) is 0 Å². The van der Waals surface area contributed by atoms with Crippen LogP contribution in [0, 0.1) is 0 Å². The van der Waals surface area contributed by atoms with E-state index >= 15 is 0 Å². The lowest BCUT2D eigenvalue weighted by molar-refractivity contribution is -0.131. The van der Waals surface area contributed by atoms with E-state index in [1.54, 1.807) is 13.0 Å². The molecule has 1 saturated heterocycles. The molecule has 2 amide bonds. The minimum absolute atomic E-state index is 0.165. The highest BCUT2D eigenvalue weighted by molar-refractivity contribution is 6.04. The summed E-state index contributed by atoms with van der Waals surface area (Å²) in [5, 5.41) is 5.29. The summed E-state index contributed by atoms with van der Waals surface area (Å²) in [7, 11) is 0. The minimum atomic E-state index is -0.492. The van der Waals surface area contributed by atoms with E-state index < -0.39 is 6.04 Å². The van der Waals surface area contributed by atoms with Crippen molar-refractivity contribution in [2.24, 2.45) is 0 Å². The lowest BCUT2D eigenvalue weighted by Crippen LogP contribution is -2.55. The maximum atomic E-state index is 11.7. The number of amides is 2. The Morgan fingerprint density at radius 1 is 1.24 bits per heavy atom. The molecule has 88 valence electrons. The maximum absolute atomic E-state index is 11.7. The van der Waals surface area contributed by atoms with Crippen molar-refractivity contribution in [2.45, 2.75) is 19.4 Å². The van der Waals surface area contributed by atoms with Gasteiger partial charge in [-0.1, -0.05) is 36.4 Å². The van der Waals surface area contributed by atoms with E-state index in [0.29, 0.717) is 12.1 Å². The largest absolute Gasteiger partial charge is 0.339 e. The molecule has 0 aromatic heterocycles. The number of benzene rings is 1. The van der Waals surface area contributed by atoms with Gasteiger partial charge in [0.05, 0.1) is 0 Å². The normalized spacial score (nSPS) is 22.2. The summed E-state index contributed by atoms with van der Waals surface area (Å²) in [6.07, 6.45) is 2.10. The third-order valence-electron chi connectivity index (χ3n) is 2.70. The van der Waals surface area contributed by atoms with Crippen LogP contribution in [0.25, 0.3) is 0 Å². The molecule has 1 aliphatic rings. The van der Waals surface area contributed by atoms with E-state index in [9.17, 15) is 9.59 Å². The molecule has 0 radical (unpaired) electrons. The van der Waals surface area contributed by atoms with Gasteiger partial charge in [0.1, 0.15) is 11.7 Å². The number of nitrogens with one attached hydrogen (secondary N) is 2. The van der Waals surface area contributed by atoms with Gasteiger partial charge in [-0.3, -0.25) is 9.59 Å². The lowest BCUT2D eigenvalue weighted by Gasteiger charge is -2.24. The maximum Gasteiger partial charge on any atom is 0.268 e. The van der Waals surface area contributed by atoms with Gasteiger partial charge >= 0.3 is 0 Å². The highest BCUT2D eigenvalue weighted by atomic mass is 16.2. The first-order chi connectivity index (χ1) is 8.20. The summed E-state index contributed by atoms with van der Waals surface area (Å²) in [4.78, 5) is 23.3. The number of rotatable bonds is 2. The molecule has 0 saturated carbocycles. The summed E-state index contributed by atoms with van der Waals surface area (Å²) in [6.45, 7) is 1.71. The molecule has 1 atom stereocenters. The van der Waals surface area contributed by atoms with E-state index in [1.807, 2.05) is 30.3 Å². The number of allylic oxidation sites excluding steroid dienone is 1. The Balaban J connectivity index is 2.09. The van der Waals surface area contributed by atoms with E-state index in [0.717, 1.165) is 5.56 Å². The van der Waals surface area contributed by atoms with Crippen molar-refractivity contribution in [3.63, 3.8) is 0 Å². The Morgan fingerprint density at radius 2 is 1.94 bits per heavy atom. The van der Waals surface area contributed by atoms with Crippen LogP contribution in [0.15, 0.2) is 42.1 Å². The molecule has 2 N–H and O–H groups in total. The zero-order valence-corrected chi connectivity index (χ0v) is 9.57. The molecular formula is C13H14N2O2. The second-order valence-corrected chi connectivity index (χ2v) is 3.91. The molecule has 1 aliphatic heterocycles. The quantitative estimate of drug-likeness (QED) is 0.736. The van der Waals surface area contributed by atoms with E-state index in [-0.39, 0.29) is 11.8 Å². The Labute approximate surface area is 99.7 Å². The molecule has 0 aliphatic carbocycles. The van der Waals surface area contributed by atoms with Gasteiger partial charge in [0.25, 0.3) is 5.91 Å². The smallest absolute Gasteiger partial charge is 0.268 e. The average molecular weight is 230 g/mol. The van der Waals surface area contributed by atoms with Crippen molar-refractivity contribution >= 4 is 11.8 Å². The number of hydrogen-bond acceptors (Lipinski definition) is 2. The molecule has 2 rings (SSSR count). The van der Waals surface area contributed by atoms with Crippen LogP contribution in [0.3, 0.4) is 0 Å². The fraction of sp³-hybridized carbons (Fsp3) is 0.231. The first-order valence-corrected chi connectivity index (χ1v) is 5.52. The molecule has 4 nitrogen and oxygen atoms in total. The molecule has 0 bridgehead atoms. The summed E-state index contributed by atoms with van der Waals surface area (Å²) in [5.41, 5.74) is 1.34. The fourth-order valence-electron chi connectivity index (χ4n) is 1.77. The third kappa shape index (κ3) is 2.53. The van der Waals surface area contributed by atoms with Crippen molar-refractivity contribution in [3.05, 3.63) is 47.7 Å². The van der Waals surface area contributed by atoms with Gasteiger partial charge in [0.2, 0.25) is 5.91 Å². The molecule has 1 fully saturated rings. The Bertz CT molecular complexity index is 466. The molecule has 1 aromatic carbocycles. The molecule has 1 aromatic rings. The minimum Gasteiger partial charge on any atom is -0.339 e. The highest BCUT2D eigenvalue weighted by Crippen LogP contribution is 2.07. The lowest BCUT2D eigenvalue weighted by atomic mass is 10.0.